The number of thioether (sulfide) groups is 1. The van der Waals surface area contributed by atoms with Gasteiger partial charge in [0.2, 0.25) is 5.91 Å². The number of nitrogens with zero attached hydrogens (tertiary/aromatic N) is 1. The minimum absolute atomic E-state index is 0.126. The van der Waals surface area contributed by atoms with Gasteiger partial charge in [-0.3, -0.25) is 9.59 Å². The highest BCUT2D eigenvalue weighted by molar-refractivity contribution is 8.00. The van der Waals surface area contributed by atoms with Crippen LogP contribution < -0.4 is 5.32 Å². The molecule has 0 aromatic heterocycles. The number of hydrogen-bond acceptors (Lipinski definition) is 4. The predicted octanol–water partition coefficient (Wildman–Crippen LogP) is 1.60. The molecule has 2 rings (SSSR count). The Morgan fingerprint density at radius 2 is 2.33 bits per heavy atom. The summed E-state index contributed by atoms with van der Waals surface area (Å²) >= 11 is 1.39. The Bertz CT molecular complexity index is 579. The van der Waals surface area contributed by atoms with Crippen molar-refractivity contribution < 1.29 is 14.7 Å². The highest BCUT2D eigenvalue weighted by atomic mass is 32.2. The average molecular weight is 262 g/mol. The molecule has 1 atom stereocenters. The predicted molar refractivity (Wildman–Crippen MR) is 66.4 cm³/mol. The number of fused-ring (bicyclic) bond motifs is 1. The van der Waals surface area contributed by atoms with Crippen LogP contribution in [-0.2, 0) is 15.0 Å². The van der Waals surface area contributed by atoms with Crippen LogP contribution in [0.15, 0.2) is 23.1 Å². The molecule has 6 heteroatoms. The van der Waals surface area contributed by atoms with Crippen LogP contribution in [0.1, 0.15) is 12.5 Å². The molecule has 1 unspecified atom stereocenters. The van der Waals surface area contributed by atoms with Crippen molar-refractivity contribution in [3.8, 4) is 6.07 Å². The fraction of sp³-hybridized carbons (Fsp3) is 0.250. The van der Waals surface area contributed by atoms with Crippen LogP contribution in [0.4, 0.5) is 5.69 Å². The van der Waals surface area contributed by atoms with Crippen molar-refractivity contribution >= 4 is 29.3 Å². The van der Waals surface area contributed by atoms with E-state index < -0.39 is 11.4 Å². The zero-order valence-corrected chi connectivity index (χ0v) is 10.4. The normalized spacial score (nSPS) is 17.0. The van der Waals surface area contributed by atoms with Crippen molar-refractivity contribution in [3.63, 3.8) is 0 Å². The van der Waals surface area contributed by atoms with Crippen molar-refractivity contribution in [3.05, 3.63) is 23.8 Å². The Balaban J connectivity index is 2.49. The minimum atomic E-state index is -1.61. The summed E-state index contributed by atoms with van der Waals surface area (Å²) < 4.78 is 0. The summed E-state index contributed by atoms with van der Waals surface area (Å²) in [6, 6.07) is 6.69. The quantitative estimate of drug-likeness (QED) is 0.844. The minimum Gasteiger partial charge on any atom is -0.480 e. The number of carbonyl (C=O) groups excluding carboxylic acids is 1. The standard InChI is InChI=1S/C12H10N2O3S/c1-12(6-13,11(16)17)7-2-3-9-8(4-7)14-10(15)5-18-9/h2-4H,5H2,1H3,(H,14,15)(H,16,17). The molecule has 1 aliphatic rings. The molecule has 1 aromatic carbocycles. The maximum Gasteiger partial charge on any atom is 0.328 e. The van der Waals surface area contributed by atoms with Crippen LogP contribution in [0.5, 0.6) is 0 Å². The molecule has 1 aromatic rings. The van der Waals surface area contributed by atoms with E-state index in [1.807, 2.05) is 0 Å². The van der Waals surface area contributed by atoms with Gasteiger partial charge in [-0.05, 0) is 24.6 Å². The number of hydrogen-bond donors (Lipinski definition) is 2. The number of carboxylic acid groups (broad SMARTS) is 1. The SMILES string of the molecule is CC(C#N)(C(=O)O)c1ccc2c(c1)NC(=O)CS2. The van der Waals surface area contributed by atoms with Crippen molar-refractivity contribution in [2.24, 2.45) is 0 Å². The summed E-state index contributed by atoms with van der Waals surface area (Å²) in [4.78, 5) is 23.3. The van der Waals surface area contributed by atoms with Crippen LogP contribution >= 0.6 is 11.8 Å². The first kappa shape index (κ1) is 12.5. The largest absolute Gasteiger partial charge is 0.480 e. The summed E-state index contributed by atoms with van der Waals surface area (Å²) in [5.41, 5.74) is -0.683. The molecule has 92 valence electrons. The van der Waals surface area contributed by atoms with Gasteiger partial charge in [0.25, 0.3) is 0 Å². The van der Waals surface area contributed by atoms with E-state index in [1.165, 1.54) is 18.7 Å². The van der Waals surface area contributed by atoms with E-state index in [0.717, 1.165) is 4.90 Å². The van der Waals surface area contributed by atoms with Gasteiger partial charge in [0.05, 0.1) is 17.5 Å². The first-order valence-electron chi connectivity index (χ1n) is 5.19. The van der Waals surface area contributed by atoms with E-state index >= 15 is 0 Å². The van der Waals surface area contributed by atoms with Crippen molar-refractivity contribution in [1.29, 1.82) is 5.26 Å². The van der Waals surface area contributed by atoms with E-state index in [4.69, 9.17) is 10.4 Å². The molecular weight excluding hydrogens is 252 g/mol. The zero-order valence-electron chi connectivity index (χ0n) is 9.56. The van der Waals surface area contributed by atoms with Gasteiger partial charge in [0.15, 0.2) is 5.41 Å². The first-order chi connectivity index (χ1) is 8.47. The van der Waals surface area contributed by atoms with Crippen LogP contribution in [0, 0.1) is 11.3 Å². The molecule has 5 nitrogen and oxygen atoms in total. The van der Waals surface area contributed by atoms with Crippen molar-refractivity contribution in [2.75, 3.05) is 11.1 Å². The Morgan fingerprint density at radius 3 is 2.94 bits per heavy atom. The second-order valence-corrected chi connectivity index (χ2v) is 5.11. The molecule has 0 spiro atoms. The van der Waals surface area contributed by atoms with Gasteiger partial charge in [0, 0.05) is 4.90 Å². The maximum atomic E-state index is 11.3. The van der Waals surface area contributed by atoms with Gasteiger partial charge in [-0.2, -0.15) is 5.26 Å². The smallest absolute Gasteiger partial charge is 0.328 e. The van der Waals surface area contributed by atoms with Gasteiger partial charge < -0.3 is 10.4 Å². The third-order valence-corrected chi connectivity index (χ3v) is 3.91. The van der Waals surface area contributed by atoms with E-state index in [1.54, 1.807) is 24.3 Å². The highest BCUT2D eigenvalue weighted by Crippen LogP contribution is 2.35. The second kappa shape index (κ2) is 4.35. The molecule has 0 saturated carbocycles. The number of nitrogens with one attached hydrogen (secondary N) is 1. The number of benzene rings is 1. The van der Waals surface area contributed by atoms with Gasteiger partial charge in [-0.15, -0.1) is 11.8 Å². The van der Waals surface area contributed by atoms with Crippen LogP contribution in [-0.4, -0.2) is 22.7 Å². The van der Waals surface area contributed by atoms with Gasteiger partial charge >= 0.3 is 5.97 Å². The Labute approximate surface area is 108 Å². The Kier molecular flexibility index (Phi) is 3.01. The zero-order chi connectivity index (χ0) is 13.3. The highest BCUT2D eigenvalue weighted by Gasteiger charge is 2.36. The van der Waals surface area contributed by atoms with E-state index in [-0.39, 0.29) is 5.91 Å². The number of nitriles is 1. The number of anilines is 1. The van der Waals surface area contributed by atoms with E-state index in [0.29, 0.717) is 17.0 Å². The lowest BCUT2D eigenvalue weighted by Crippen LogP contribution is -2.31. The molecule has 1 heterocycles. The number of amides is 1. The van der Waals surface area contributed by atoms with E-state index in [9.17, 15) is 9.59 Å². The lowest BCUT2D eigenvalue weighted by molar-refractivity contribution is -0.141. The number of aliphatic carboxylic acids is 1. The molecule has 0 aliphatic carbocycles. The first-order valence-corrected chi connectivity index (χ1v) is 6.18. The van der Waals surface area contributed by atoms with Crippen LogP contribution in [0.25, 0.3) is 0 Å². The van der Waals surface area contributed by atoms with E-state index in [2.05, 4.69) is 5.32 Å². The number of rotatable bonds is 2. The van der Waals surface area contributed by atoms with Crippen LogP contribution in [0.2, 0.25) is 0 Å². The number of carbonyl (C=O) groups is 2. The van der Waals surface area contributed by atoms with Crippen molar-refractivity contribution in [2.45, 2.75) is 17.2 Å². The van der Waals surface area contributed by atoms with Gasteiger partial charge in [0.1, 0.15) is 0 Å². The molecule has 1 aliphatic heterocycles. The second-order valence-electron chi connectivity index (χ2n) is 4.09. The Morgan fingerprint density at radius 1 is 1.61 bits per heavy atom. The molecule has 0 saturated heterocycles. The summed E-state index contributed by atoms with van der Waals surface area (Å²) in [7, 11) is 0. The Hall–Kier alpha value is -2.00. The lowest BCUT2D eigenvalue weighted by atomic mass is 9.84. The maximum absolute atomic E-state index is 11.3. The fourth-order valence-electron chi connectivity index (χ4n) is 1.63. The summed E-state index contributed by atoms with van der Waals surface area (Å²) in [5, 5.41) is 20.8. The lowest BCUT2D eigenvalue weighted by Gasteiger charge is -2.21. The molecule has 2 N–H and O–H groups in total. The monoisotopic (exact) mass is 262 g/mol. The summed E-state index contributed by atoms with van der Waals surface area (Å²) in [6.45, 7) is 1.34. The fourth-order valence-corrected chi connectivity index (χ4v) is 2.42. The third-order valence-electron chi connectivity index (χ3n) is 2.84. The topological polar surface area (TPSA) is 90.2 Å². The molecule has 1 amide bonds. The van der Waals surface area contributed by atoms with Gasteiger partial charge in [-0.1, -0.05) is 6.07 Å². The molecule has 0 radical (unpaired) electrons. The van der Waals surface area contributed by atoms with Crippen LogP contribution in [0.3, 0.4) is 0 Å². The average Bonchev–Trinajstić information content (AvgIpc) is 2.36. The summed E-state index contributed by atoms with van der Waals surface area (Å²) in [6.07, 6.45) is 0. The third kappa shape index (κ3) is 1.93. The molecule has 0 fully saturated rings. The number of carboxylic acids is 1. The van der Waals surface area contributed by atoms with Crippen molar-refractivity contribution in [1.82, 2.24) is 0 Å². The molecule has 18 heavy (non-hydrogen) atoms. The molecular formula is C12H10N2O3S. The molecule has 0 bridgehead atoms. The van der Waals surface area contributed by atoms with Gasteiger partial charge in [-0.25, -0.2) is 0 Å². The summed E-state index contributed by atoms with van der Waals surface area (Å²) in [5.74, 6) is -0.987.